The van der Waals surface area contributed by atoms with Gasteiger partial charge in [0.2, 0.25) is 0 Å². The monoisotopic (exact) mass is 241 g/mol. The zero-order chi connectivity index (χ0) is 11.3. The van der Waals surface area contributed by atoms with E-state index in [1.165, 1.54) is 4.90 Å². The van der Waals surface area contributed by atoms with Crippen molar-refractivity contribution in [3.8, 4) is 5.75 Å². The van der Waals surface area contributed by atoms with E-state index in [2.05, 4.69) is 0 Å². The first-order chi connectivity index (χ1) is 7.17. The summed E-state index contributed by atoms with van der Waals surface area (Å²) in [4.78, 5) is 1.62. The van der Waals surface area contributed by atoms with E-state index in [0.29, 0.717) is 4.99 Å². The van der Waals surface area contributed by atoms with E-state index in [1.54, 1.807) is 11.8 Å². The minimum Gasteiger partial charge on any atom is -0.483 e. The summed E-state index contributed by atoms with van der Waals surface area (Å²) in [7, 11) is 0. The summed E-state index contributed by atoms with van der Waals surface area (Å²) in [5.41, 5.74) is 5.55. The molecule has 82 valence electrons. The maximum absolute atomic E-state index is 5.65. The zero-order valence-corrected chi connectivity index (χ0v) is 10.5. The Kier molecular flexibility index (Phi) is 4.91. The van der Waals surface area contributed by atoms with Gasteiger partial charge in [-0.3, -0.25) is 0 Å². The largest absolute Gasteiger partial charge is 0.483 e. The summed E-state index contributed by atoms with van der Waals surface area (Å²) < 4.78 is 5.65. The Hall–Kier alpha value is -0.740. The summed E-state index contributed by atoms with van der Waals surface area (Å²) in [5, 5.41) is 0. The Morgan fingerprint density at radius 1 is 1.47 bits per heavy atom. The van der Waals surface area contributed by atoms with Crippen LogP contribution in [0.1, 0.15) is 13.3 Å². The van der Waals surface area contributed by atoms with Crippen molar-refractivity contribution in [2.45, 2.75) is 24.3 Å². The molecule has 0 saturated heterocycles. The van der Waals surface area contributed by atoms with Gasteiger partial charge in [-0.1, -0.05) is 19.1 Å². The van der Waals surface area contributed by atoms with Gasteiger partial charge in [-0.15, -0.1) is 11.8 Å². The SMILES string of the molecule is CCC(Oc1ccc(SC)cc1)C(N)=S. The van der Waals surface area contributed by atoms with Gasteiger partial charge in [-0.05, 0) is 36.9 Å². The molecule has 1 rings (SSSR count). The summed E-state index contributed by atoms with van der Waals surface area (Å²) in [5.74, 6) is 0.812. The number of thioether (sulfide) groups is 1. The third kappa shape index (κ3) is 3.72. The molecule has 0 saturated carbocycles. The van der Waals surface area contributed by atoms with Crippen LogP contribution >= 0.6 is 24.0 Å². The Balaban J connectivity index is 2.67. The lowest BCUT2D eigenvalue weighted by molar-refractivity contribution is 0.264. The van der Waals surface area contributed by atoms with Crippen LogP contribution < -0.4 is 10.5 Å². The van der Waals surface area contributed by atoms with Crippen LogP contribution in [0.5, 0.6) is 5.75 Å². The average molecular weight is 241 g/mol. The Morgan fingerprint density at radius 3 is 2.47 bits per heavy atom. The van der Waals surface area contributed by atoms with Crippen molar-refractivity contribution in [2.75, 3.05) is 6.26 Å². The molecule has 0 amide bonds. The van der Waals surface area contributed by atoms with Gasteiger partial charge in [0, 0.05) is 4.90 Å². The molecule has 0 aliphatic carbocycles. The van der Waals surface area contributed by atoms with Crippen molar-refractivity contribution in [1.29, 1.82) is 0 Å². The van der Waals surface area contributed by atoms with Gasteiger partial charge < -0.3 is 10.5 Å². The minimum absolute atomic E-state index is 0.167. The van der Waals surface area contributed by atoms with Gasteiger partial charge in [0.15, 0.2) is 0 Å². The Morgan fingerprint density at radius 2 is 2.07 bits per heavy atom. The molecule has 0 bridgehead atoms. The number of thiocarbonyl (C=S) groups is 1. The molecule has 2 nitrogen and oxygen atoms in total. The lowest BCUT2D eigenvalue weighted by Crippen LogP contribution is -2.31. The van der Waals surface area contributed by atoms with E-state index in [0.717, 1.165) is 12.2 Å². The first-order valence-corrected chi connectivity index (χ1v) is 6.40. The first kappa shape index (κ1) is 12.3. The van der Waals surface area contributed by atoms with Gasteiger partial charge in [-0.2, -0.15) is 0 Å². The smallest absolute Gasteiger partial charge is 0.148 e. The molecule has 1 atom stereocenters. The fourth-order valence-electron chi connectivity index (χ4n) is 1.16. The predicted molar refractivity (Wildman–Crippen MR) is 69.7 cm³/mol. The van der Waals surface area contributed by atoms with Crippen molar-refractivity contribution in [3.05, 3.63) is 24.3 Å². The number of hydrogen-bond acceptors (Lipinski definition) is 3. The molecule has 0 aliphatic rings. The van der Waals surface area contributed by atoms with E-state index in [-0.39, 0.29) is 6.10 Å². The summed E-state index contributed by atoms with van der Waals surface area (Å²) >= 11 is 6.61. The molecule has 0 aliphatic heterocycles. The fraction of sp³-hybridized carbons (Fsp3) is 0.364. The lowest BCUT2D eigenvalue weighted by Gasteiger charge is -2.15. The van der Waals surface area contributed by atoms with Crippen molar-refractivity contribution in [3.63, 3.8) is 0 Å². The molecule has 1 aromatic carbocycles. The highest BCUT2D eigenvalue weighted by Crippen LogP contribution is 2.20. The van der Waals surface area contributed by atoms with Crippen molar-refractivity contribution in [1.82, 2.24) is 0 Å². The molecular weight excluding hydrogens is 226 g/mol. The number of ether oxygens (including phenoxy) is 1. The summed E-state index contributed by atoms with van der Waals surface area (Å²) in [6.45, 7) is 2.00. The second-order valence-electron chi connectivity index (χ2n) is 3.09. The third-order valence-corrected chi connectivity index (χ3v) is 3.03. The van der Waals surface area contributed by atoms with Crippen molar-refractivity contribution >= 4 is 29.0 Å². The summed E-state index contributed by atoms with van der Waals surface area (Å²) in [6, 6.07) is 7.91. The molecule has 2 N–H and O–H groups in total. The number of hydrogen-bond donors (Lipinski definition) is 1. The van der Waals surface area contributed by atoms with Crippen LogP contribution in [0.25, 0.3) is 0 Å². The molecule has 0 spiro atoms. The van der Waals surface area contributed by atoms with Crippen molar-refractivity contribution in [2.24, 2.45) is 5.73 Å². The number of benzene rings is 1. The van der Waals surface area contributed by atoms with Gasteiger partial charge >= 0.3 is 0 Å². The topological polar surface area (TPSA) is 35.2 Å². The Labute approximate surface area is 100 Å². The third-order valence-electron chi connectivity index (χ3n) is 2.03. The maximum atomic E-state index is 5.65. The second-order valence-corrected chi connectivity index (χ2v) is 4.44. The fourth-order valence-corrected chi connectivity index (χ4v) is 1.78. The normalized spacial score (nSPS) is 12.1. The molecule has 1 aromatic rings. The molecule has 1 unspecified atom stereocenters. The molecule has 0 fully saturated rings. The minimum atomic E-state index is -0.167. The van der Waals surface area contributed by atoms with E-state index in [9.17, 15) is 0 Å². The van der Waals surface area contributed by atoms with Crippen LogP contribution in [0.2, 0.25) is 0 Å². The molecule has 15 heavy (non-hydrogen) atoms. The van der Waals surface area contributed by atoms with E-state index in [1.807, 2.05) is 37.4 Å². The first-order valence-electron chi connectivity index (χ1n) is 4.77. The predicted octanol–water partition coefficient (Wildman–Crippen LogP) is 2.85. The van der Waals surface area contributed by atoms with Gasteiger partial charge in [0.25, 0.3) is 0 Å². The molecule has 0 aromatic heterocycles. The van der Waals surface area contributed by atoms with Crippen LogP contribution in [0.15, 0.2) is 29.2 Å². The van der Waals surface area contributed by atoms with Crippen molar-refractivity contribution < 1.29 is 4.74 Å². The van der Waals surface area contributed by atoms with Gasteiger partial charge in [0.1, 0.15) is 16.8 Å². The zero-order valence-electron chi connectivity index (χ0n) is 8.90. The Bertz CT molecular complexity index is 324. The van der Waals surface area contributed by atoms with Crippen LogP contribution in [-0.2, 0) is 0 Å². The molecule has 0 radical (unpaired) electrons. The second kappa shape index (κ2) is 5.98. The van der Waals surface area contributed by atoms with Gasteiger partial charge in [0.05, 0.1) is 0 Å². The van der Waals surface area contributed by atoms with Crippen LogP contribution in [0.3, 0.4) is 0 Å². The highest BCUT2D eigenvalue weighted by atomic mass is 32.2. The molecular formula is C11H15NOS2. The van der Waals surface area contributed by atoms with Crippen LogP contribution in [0, 0.1) is 0 Å². The average Bonchev–Trinajstić information content (AvgIpc) is 2.26. The standard InChI is InChI=1S/C11H15NOS2/c1-3-10(11(12)14)13-8-4-6-9(15-2)7-5-8/h4-7,10H,3H2,1-2H3,(H2,12,14). The number of rotatable bonds is 5. The van der Waals surface area contributed by atoms with E-state index in [4.69, 9.17) is 22.7 Å². The van der Waals surface area contributed by atoms with E-state index < -0.39 is 0 Å². The van der Waals surface area contributed by atoms with Crippen LogP contribution in [-0.4, -0.2) is 17.3 Å². The van der Waals surface area contributed by atoms with Crippen LogP contribution in [0.4, 0.5) is 0 Å². The highest BCUT2D eigenvalue weighted by molar-refractivity contribution is 7.98. The molecule has 4 heteroatoms. The van der Waals surface area contributed by atoms with E-state index >= 15 is 0 Å². The van der Waals surface area contributed by atoms with Gasteiger partial charge in [-0.25, -0.2) is 0 Å². The maximum Gasteiger partial charge on any atom is 0.148 e. The number of nitrogens with two attached hydrogens (primary N) is 1. The highest BCUT2D eigenvalue weighted by Gasteiger charge is 2.10. The quantitative estimate of drug-likeness (QED) is 0.635. The summed E-state index contributed by atoms with van der Waals surface area (Å²) in [6.07, 6.45) is 2.67. The lowest BCUT2D eigenvalue weighted by atomic mass is 10.2. The molecule has 0 heterocycles.